The molecule has 0 N–H and O–H groups in total. The summed E-state index contributed by atoms with van der Waals surface area (Å²) in [5, 5.41) is 0. The Balaban J connectivity index is 1.65. The molecular formula is C37H32O2. The van der Waals surface area contributed by atoms with E-state index in [9.17, 15) is 0 Å². The summed E-state index contributed by atoms with van der Waals surface area (Å²) in [6.45, 7) is 8.78. The SMILES string of the molecule is COc1cc2c(cc1OC)C1(c3cc(C)ccc3-2)c2cc(-c3ccc(C)cc3)ccc2-c2cc(C)c(C)cc21. The van der Waals surface area contributed by atoms with Crippen LogP contribution in [-0.4, -0.2) is 14.2 Å². The second kappa shape index (κ2) is 8.35. The van der Waals surface area contributed by atoms with Crippen LogP contribution in [0.1, 0.15) is 44.5 Å². The molecule has 0 amide bonds. The molecule has 0 fully saturated rings. The van der Waals surface area contributed by atoms with Crippen LogP contribution < -0.4 is 9.47 Å². The van der Waals surface area contributed by atoms with E-state index < -0.39 is 5.41 Å². The van der Waals surface area contributed by atoms with Crippen molar-refractivity contribution in [1.29, 1.82) is 0 Å². The van der Waals surface area contributed by atoms with Crippen LogP contribution in [0.25, 0.3) is 33.4 Å². The molecule has 0 heterocycles. The van der Waals surface area contributed by atoms with E-state index in [0.29, 0.717) is 0 Å². The average molecular weight is 509 g/mol. The van der Waals surface area contributed by atoms with Crippen LogP contribution >= 0.6 is 0 Å². The fraction of sp³-hybridized carbons (Fsp3) is 0.189. The van der Waals surface area contributed by atoms with Gasteiger partial charge in [-0.1, -0.05) is 77.9 Å². The summed E-state index contributed by atoms with van der Waals surface area (Å²) >= 11 is 0. The molecule has 7 rings (SSSR count). The Hall–Kier alpha value is -4.30. The topological polar surface area (TPSA) is 18.5 Å². The van der Waals surface area contributed by atoms with E-state index in [0.717, 1.165) is 11.5 Å². The highest BCUT2D eigenvalue weighted by Crippen LogP contribution is 2.64. The van der Waals surface area contributed by atoms with Gasteiger partial charge in [0.15, 0.2) is 11.5 Å². The monoisotopic (exact) mass is 508 g/mol. The number of aryl methyl sites for hydroxylation is 4. The lowest BCUT2D eigenvalue weighted by atomic mass is 9.69. The minimum Gasteiger partial charge on any atom is -0.493 e. The van der Waals surface area contributed by atoms with Crippen molar-refractivity contribution in [2.45, 2.75) is 33.1 Å². The van der Waals surface area contributed by atoms with Crippen LogP contribution in [0.4, 0.5) is 0 Å². The Labute approximate surface area is 230 Å². The molecule has 0 bridgehead atoms. The number of hydrogen-bond donors (Lipinski definition) is 0. The van der Waals surface area contributed by atoms with Crippen molar-refractivity contribution < 1.29 is 9.47 Å². The minimum atomic E-state index is -0.444. The fourth-order valence-corrected chi connectivity index (χ4v) is 6.85. The van der Waals surface area contributed by atoms with E-state index in [2.05, 4.69) is 113 Å². The maximum absolute atomic E-state index is 5.88. The third-order valence-electron chi connectivity index (χ3n) is 8.93. The summed E-state index contributed by atoms with van der Waals surface area (Å²) in [4.78, 5) is 0. The van der Waals surface area contributed by atoms with Crippen molar-refractivity contribution in [2.75, 3.05) is 14.2 Å². The van der Waals surface area contributed by atoms with E-state index in [1.54, 1.807) is 14.2 Å². The molecule has 192 valence electrons. The number of methoxy groups -OCH3 is 2. The van der Waals surface area contributed by atoms with Gasteiger partial charge in [-0.25, -0.2) is 0 Å². The first kappa shape index (κ1) is 23.8. The van der Waals surface area contributed by atoms with Crippen molar-refractivity contribution in [1.82, 2.24) is 0 Å². The number of rotatable bonds is 3. The van der Waals surface area contributed by atoms with Gasteiger partial charge >= 0.3 is 0 Å². The van der Waals surface area contributed by atoms with Gasteiger partial charge in [0, 0.05) is 0 Å². The Morgan fingerprint density at radius 3 is 1.67 bits per heavy atom. The zero-order chi connectivity index (χ0) is 27.1. The van der Waals surface area contributed by atoms with Crippen molar-refractivity contribution in [3.05, 3.63) is 129 Å². The third kappa shape index (κ3) is 3.15. The molecule has 0 radical (unpaired) electrons. The Morgan fingerprint density at radius 1 is 0.436 bits per heavy atom. The molecule has 0 saturated carbocycles. The largest absolute Gasteiger partial charge is 0.493 e. The predicted molar refractivity (Wildman–Crippen MR) is 160 cm³/mol. The molecule has 0 aromatic heterocycles. The van der Waals surface area contributed by atoms with Crippen LogP contribution in [-0.2, 0) is 5.41 Å². The van der Waals surface area contributed by atoms with Gasteiger partial charge < -0.3 is 9.47 Å². The first-order valence-electron chi connectivity index (χ1n) is 13.6. The van der Waals surface area contributed by atoms with Crippen molar-refractivity contribution in [2.24, 2.45) is 0 Å². The highest BCUT2D eigenvalue weighted by Gasteiger charge is 2.52. The highest BCUT2D eigenvalue weighted by molar-refractivity contribution is 5.97. The van der Waals surface area contributed by atoms with Gasteiger partial charge in [0.05, 0.1) is 19.6 Å². The average Bonchev–Trinajstić information content (AvgIpc) is 3.37. The van der Waals surface area contributed by atoms with Crippen LogP contribution in [0.2, 0.25) is 0 Å². The molecular weight excluding hydrogens is 476 g/mol. The maximum atomic E-state index is 5.88. The number of hydrogen-bond acceptors (Lipinski definition) is 2. The van der Waals surface area contributed by atoms with Crippen LogP contribution in [0.3, 0.4) is 0 Å². The van der Waals surface area contributed by atoms with Gasteiger partial charge in [-0.15, -0.1) is 0 Å². The summed E-state index contributed by atoms with van der Waals surface area (Å²) in [7, 11) is 3.44. The lowest BCUT2D eigenvalue weighted by molar-refractivity contribution is 0.354. The van der Waals surface area contributed by atoms with E-state index in [-0.39, 0.29) is 0 Å². The molecule has 5 aromatic carbocycles. The minimum absolute atomic E-state index is 0.444. The van der Waals surface area contributed by atoms with Gasteiger partial charge in [0.25, 0.3) is 0 Å². The zero-order valence-electron chi connectivity index (χ0n) is 23.4. The van der Waals surface area contributed by atoms with Crippen LogP contribution in [0.15, 0.2) is 84.9 Å². The zero-order valence-corrected chi connectivity index (χ0v) is 23.4. The van der Waals surface area contributed by atoms with E-state index in [1.807, 2.05) is 0 Å². The summed E-state index contributed by atoms with van der Waals surface area (Å²) in [6.07, 6.45) is 0. The predicted octanol–water partition coefficient (Wildman–Crippen LogP) is 8.95. The first-order chi connectivity index (χ1) is 18.9. The lowest BCUT2D eigenvalue weighted by Gasteiger charge is -2.31. The number of ether oxygens (including phenoxy) is 2. The smallest absolute Gasteiger partial charge is 0.161 e. The van der Waals surface area contributed by atoms with E-state index in [4.69, 9.17) is 9.47 Å². The molecule has 2 nitrogen and oxygen atoms in total. The normalized spacial score (nSPS) is 16.1. The molecule has 0 saturated heterocycles. The Bertz CT molecular complexity index is 1810. The van der Waals surface area contributed by atoms with Gasteiger partial charge in [-0.05, 0) is 113 Å². The van der Waals surface area contributed by atoms with Gasteiger partial charge in [0.1, 0.15) is 0 Å². The first-order valence-corrected chi connectivity index (χ1v) is 13.6. The molecule has 2 heteroatoms. The Kier molecular flexibility index (Phi) is 5.09. The molecule has 39 heavy (non-hydrogen) atoms. The second-order valence-electron chi connectivity index (χ2n) is 11.2. The second-order valence-corrected chi connectivity index (χ2v) is 11.2. The number of benzene rings is 5. The van der Waals surface area contributed by atoms with Gasteiger partial charge in [-0.2, -0.15) is 0 Å². The highest BCUT2D eigenvalue weighted by atomic mass is 16.5. The van der Waals surface area contributed by atoms with Gasteiger partial charge in [0.2, 0.25) is 0 Å². The van der Waals surface area contributed by atoms with Crippen LogP contribution in [0.5, 0.6) is 11.5 Å². The summed E-state index contributed by atoms with van der Waals surface area (Å²) in [5.74, 6) is 1.51. The summed E-state index contributed by atoms with van der Waals surface area (Å²) in [6, 6.07) is 32.0. The van der Waals surface area contributed by atoms with E-state index in [1.165, 1.54) is 77.9 Å². The molecule has 1 spiro atoms. The maximum Gasteiger partial charge on any atom is 0.161 e. The molecule has 1 unspecified atom stereocenters. The van der Waals surface area contributed by atoms with E-state index >= 15 is 0 Å². The quantitative estimate of drug-likeness (QED) is 0.237. The Morgan fingerprint density at radius 2 is 0.949 bits per heavy atom. The number of fused-ring (bicyclic) bond motifs is 10. The van der Waals surface area contributed by atoms with Crippen molar-refractivity contribution in [3.63, 3.8) is 0 Å². The third-order valence-corrected chi connectivity index (χ3v) is 8.93. The summed E-state index contributed by atoms with van der Waals surface area (Å²) < 4.78 is 11.7. The van der Waals surface area contributed by atoms with Crippen molar-refractivity contribution in [3.8, 4) is 44.9 Å². The summed E-state index contributed by atoms with van der Waals surface area (Å²) in [5.41, 5.74) is 17.5. The molecule has 2 aliphatic carbocycles. The fourth-order valence-electron chi connectivity index (χ4n) is 6.85. The molecule has 5 aromatic rings. The van der Waals surface area contributed by atoms with Crippen molar-refractivity contribution >= 4 is 0 Å². The van der Waals surface area contributed by atoms with Gasteiger partial charge in [-0.3, -0.25) is 0 Å². The molecule has 0 aliphatic heterocycles. The standard InChI is InChI=1S/C37H32O2/c1-21-7-10-25(11-8-21)26-12-14-28-29-16-23(3)24(4)17-32(29)37(33(28)18-26)31-15-22(2)9-13-27(31)30-19-35(38-5)36(39-6)20-34(30)37/h7-20H,1-6H3. The van der Waals surface area contributed by atoms with Crippen LogP contribution in [0, 0.1) is 27.7 Å². The molecule has 2 aliphatic rings. The molecule has 1 atom stereocenters. The lowest BCUT2D eigenvalue weighted by Crippen LogP contribution is -2.26.